The summed E-state index contributed by atoms with van der Waals surface area (Å²) >= 11 is 0. The molecule has 2 aliphatic rings. The number of anilines is 1. The summed E-state index contributed by atoms with van der Waals surface area (Å²) in [6, 6.07) is 16.3. The molecule has 1 heterocycles. The molecule has 120 valence electrons. The van der Waals surface area contributed by atoms with Crippen molar-refractivity contribution in [2.45, 2.75) is 25.7 Å². The fraction of sp³-hybridized carbons (Fsp3) is 0.400. The van der Waals surface area contributed by atoms with Gasteiger partial charge in [0.2, 0.25) is 0 Å². The van der Waals surface area contributed by atoms with Crippen LogP contribution < -0.4 is 14.4 Å². The third kappa shape index (κ3) is 3.79. The van der Waals surface area contributed by atoms with Crippen LogP contribution in [0.3, 0.4) is 0 Å². The molecule has 0 spiro atoms. The van der Waals surface area contributed by atoms with E-state index in [-0.39, 0.29) is 0 Å². The second-order valence-electron chi connectivity index (χ2n) is 6.52. The van der Waals surface area contributed by atoms with Gasteiger partial charge in [0.05, 0.1) is 6.61 Å². The predicted molar refractivity (Wildman–Crippen MR) is 92.6 cm³/mol. The third-order valence-electron chi connectivity index (χ3n) is 4.53. The Balaban J connectivity index is 1.39. The van der Waals surface area contributed by atoms with Crippen LogP contribution in [0.1, 0.15) is 25.7 Å². The molecule has 0 N–H and O–H groups in total. The summed E-state index contributed by atoms with van der Waals surface area (Å²) in [6.45, 7) is 3.16. The molecule has 0 amide bonds. The molecule has 0 atom stereocenters. The molecule has 2 fully saturated rings. The quantitative estimate of drug-likeness (QED) is 0.760. The first-order valence-electron chi connectivity index (χ1n) is 8.62. The summed E-state index contributed by atoms with van der Waals surface area (Å²) in [7, 11) is 0. The van der Waals surface area contributed by atoms with Crippen LogP contribution in [0.2, 0.25) is 0 Å². The number of rotatable bonds is 6. The maximum atomic E-state index is 5.96. The SMILES string of the molecule is c1cc(OCC2CC2)cc(Oc2ccc(N3CCCC3)cc2)c1. The molecule has 3 nitrogen and oxygen atoms in total. The maximum absolute atomic E-state index is 5.96. The van der Waals surface area contributed by atoms with Crippen LogP contribution in [0.25, 0.3) is 0 Å². The monoisotopic (exact) mass is 309 g/mol. The fourth-order valence-electron chi connectivity index (χ4n) is 2.96. The van der Waals surface area contributed by atoms with Gasteiger partial charge in [-0.25, -0.2) is 0 Å². The van der Waals surface area contributed by atoms with Crippen molar-refractivity contribution in [3.8, 4) is 17.2 Å². The Labute approximate surface area is 137 Å². The molecule has 2 aromatic carbocycles. The molecule has 0 unspecified atom stereocenters. The lowest BCUT2D eigenvalue weighted by atomic mass is 10.2. The van der Waals surface area contributed by atoms with Gasteiger partial charge in [-0.05, 0) is 68.0 Å². The summed E-state index contributed by atoms with van der Waals surface area (Å²) in [4.78, 5) is 2.43. The Morgan fingerprint density at radius 2 is 1.61 bits per heavy atom. The zero-order valence-electron chi connectivity index (χ0n) is 13.4. The van der Waals surface area contributed by atoms with Crippen LogP contribution in [0.5, 0.6) is 17.2 Å². The first-order chi connectivity index (χ1) is 11.4. The molecule has 1 saturated carbocycles. The van der Waals surface area contributed by atoms with E-state index in [0.717, 1.165) is 29.8 Å². The van der Waals surface area contributed by atoms with Crippen molar-refractivity contribution in [3.05, 3.63) is 48.5 Å². The zero-order valence-corrected chi connectivity index (χ0v) is 13.4. The first kappa shape index (κ1) is 14.4. The van der Waals surface area contributed by atoms with Crippen LogP contribution in [0.15, 0.2) is 48.5 Å². The molecule has 2 aromatic rings. The molecule has 4 rings (SSSR count). The van der Waals surface area contributed by atoms with Crippen LogP contribution >= 0.6 is 0 Å². The van der Waals surface area contributed by atoms with Gasteiger partial charge in [-0.1, -0.05) is 6.07 Å². The Hall–Kier alpha value is -2.16. The number of hydrogen-bond acceptors (Lipinski definition) is 3. The van der Waals surface area contributed by atoms with Crippen LogP contribution in [-0.4, -0.2) is 19.7 Å². The van der Waals surface area contributed by atoms with Gasteiger partial charge in [0.25, 0.3) is 0 Å². The van der Waals surface area contributed by atoms with E-state index in [4.69, 9.17) is 9.47 Å². The topological polar surface area (TPSA) is 21.7 Å². The lowest BCUT2D eigenvalue weighted by Crippen LogP contribution is -2.17. The molecule has 0 aromatic heterocycles. The second-order valence-corrected chi connectivity index (χ2v) is 6.52. The highest BCUT2D eigenvalue weighted by molar-refractivity contribution is 5.50. The van der Waals surface area contributed by atoms with Crippen molar-refractivity contribution in [1.82, 2.24) is 0 Å². The summed E-state index contributed by atoms with van der Waals surface area (Å²) < 4.78 is 11.8. The minimum atomic E-state index is 0.762. The Bertz CT molecular complexity index is 643. The van der Waals surface area contributed by atoms with Crippen LogP contribution in [0.4, 0.5) is 5.69 Å². The number of benzene rings is 2. The zero-order chi connectivity index (χ0) is 15.5. The van der Waals surface area contributed by atoms with E-state index in [9.17, 15) is 0 Å². The van der Waals surface area contributed by atoms with Gasteiger partial charge < -0.3 is 14.4 Å². The Morgan fingerprint density at radius 3 is 2.35 bits per heavy atom. The van der Waals surface area contributed by atoms with E-state index in [1.807, 2.05) is 36.4 Å². The fourth-order valence-corrected chi connectivity index (χ4v) is 2.96. The third-order valence-corrected chi connectivity index (χ3v) is 4.53. The van der Waals surface area contributed by atoms with Gasteiger partial charge in [-0.3, -0.25) is 0 Å². The highest BCUT2D eigenvalue weighted by Crippen LogP contribution is 2.31. The van der Waals surface area contributed by atoms with Gasteiger partial charge >= 0.3 is 0 Å². The summed E-state index contributed by atoms with van der Waals surface area (Å²) in [5.74, 6) is 3.35. The number of nitrogens with zero attached hydrogens (tertiary/aromatic N) is 1. The standard InChI is InChI=1S/C20H23NO2/c1-2-13-21(12-1)17-8-10-18(11-9-17)23-20-5-3-4-19(14-20)22-15-16-6-7-16/h3-5,8-11,14,16H,1-2,6-7,12-13,15H2. The molecule has 23 heavy (non-hydrogen) atoms. The van der Waals surface area contributed by atoms with Crippen molar-refractivity contribution < 1.29 is 9.47 Å². The van der Waals surface area contributed by atoms with Crippen LogP contribution in [-0.2, 0) is 0 Å². The second kappa shape index (κ2) is 6.53. The minimum Gasteiger partial charge on any atom is -0.493 e. The molecule has 1 aliphatic heterocycles. The van der Waals surface area contributed by atoms with E-state index in [0.29, 0.717) is 0 Å². The van der Waals surface area contributed by atoms with Gasteiger partial charge in [0.1, 0.15) is 17.2 Å². The number of ether oxygens (including phenoxy) is 2. The first-order valence-corrected chi connectivity index (χ1v) is 8.62. The van der Waals surface area contributed by atoms with Crippen molar-refractivity contribution >= 4 is 5.69 Å². The summed E-state index contributed by atoms with van der Waals surface area (Å²) in [5, 5.41) is 0. The summed E-state index contributed by atoms with van der Waals surface area (Å²) in [6.07, 6.45) is 5.21. The normalized spacial score (nSPS) is 17.3. The lowest BCUT2D eigenvalue weighted by Gasteiger charge is -2.17. The van der Waals surface area contributed by atoms with Gasteiger partial charge in [0, 0.05) is 24.8 Å². The molecule has 1 aliphatic carbocycles. The summed E-state index contributed by atoms with van der Waals surface area (Å²) in [5.41, 5.74) is 1.29. The van der Waals surface area contributed by atoms with Gasteiger partial charge in [-0.2, -0.15) is 0 Å². The highest BCUT2D eigenvalue weighted by atomic mass is 16.5. The molecule has 0 radical (unpaired) electrons. The average Bonchev–Trinajstić information content (AvgIpc) is 3.26. The molecule has 0 bridgehead atoms. The largest absolute Gasteiger partial charge is 0.493 e. The van der Waals surface area contributed by atoms with Crippen LogP contribution in [0, 0.1) is 5.92 Å². The van der Waals surface area contributed by atoms with Crippen molar-refractivity contribution in [3.63, 3.8) is 0 Å². The van der Waals surface area contributed by atoms with E-state index in [1.54, 1.807) is 0 Å². The smallest absolute Gasteiger partial charge is 0.131 e. The molecule has 3 heteroatoms. The van der Waals surface area contributed by atoms with E-state index >= 15 is 0 Å². The van der Waals surface area contributed by atoms with Crippen molar-refractivity contribution in [2.75, 3.05) is 24.6 Å². The Morgan fingerprint density at radius 1 is 0.870 bits per heavy atom. The maximum Gasteiger partial charge on any atom is 0.131 e. The highest BCUT2D eigenvalue weighted by Gasteiger charge is 2.21. The molecular weight excluding hydrogens is 286 g/mol. The minimum absolute atomic E-state index is 0.762. The van der Waals surface area contributed by atoms with E-state index < -0.39 is 0 Å². The van der Waals surface area contributed by atoms with E-state index in [2.05, 4.69) is 17.0 Å². The predicted octanol–water partition coefficient (Wildman–Crippen LogP) is 4.87. The van der Waals surface area contributed by atoms with Gasteiger partial charge in [0.15, 0.2) is 0 Å². The Kier molecular flexibility index (Phi) is 4.10. The molecular formula is C20H23NO2. The average molecular weight is 309 g/mol. The van der Waals surface area contributed by atoms with Crippen molar-refractivity contribution in [1.29, 1.82) is 0 Å². The van der Waals surface area contributed by atoms with Gasteiger partial charge in [-0.15, -0.1) is 0 Å². The number of hydrogen-bond donors (Lipinski definition) is 0. The van der Waals surface area contributed by atoms with E-state index in [1.165, 1.54) is 44.5 Å². The lowest BCUT2D eigenvalue weighted by molar-refractivity contribution is 0.298. The van der Waals surface area contributed by atoms with Crippen molar-refractivity contribution in [2.24, 2.45) is 5.92 Å². The molecule has 1 saturated heterocycles.